The molecule has 5 rings (SSSR count). The first-order valence-electron chi connectivity index (χ1n) is 13.1. The van der Waals surface area contributed by atoms with Crippen molar-refractivity contribution in [1.82, 2.24) is 14.5 Å². The molecule has 42 heavy (non-hydrogen) atoms. The first-order valence-corrected chi connectivity index (χ1v) is 13.1. The van der Waals surface area contributed by atoms with Crippen LogP contribution in [0.15, 0.2) is 83.8 Å². The Bertz CT molecular complexity index is 1710. The van der Waals surface area contributed by atoms with Gasteiger partial charge in [-0.2, -0.15) is 0 Å². The molecule has 3 aromatic carbocycles. The summed E-state index contributed by atoms with van der Waals surface area (Å²) in [6.07, 6.45) is 3.98. The van der Waals surface area contributed by atoms with Crippen molar-refractivity contribution in [2.75, 3.05) is 36.9 Å². The molecule has 2 N–H and O–H groups in total. The maximum Gasteiger partial charge on any atom is 0.293 e. The predicted octanol–water partition coefficient (Wildman–Crippen LogP) is 4.59. The van der Waals surface area contributed by atoms with Gasteiger partial charge in [0.15, 0.2) is 11.6 Å². The molecule has 0 bridgehead atoms. The van der Waals surface area contributed by atoms with E-state index in [1.165, 1.54) is 60.3 Å². The van der Waals surface area contributed by atoms with Crippen molar-refractivity contribution in [3.8, 4) is 11.3 Å². The highest BCUT2D eigenvalue weighted by atomic mass is 19.1. The predicted molar refractivity (Wildman–Crippen MR) is 155 cm³/mol. The third-order valence-electron chi connectivity index (χ3n) is 6.57. The van der Waals surface area contributed by atoms with Crippen molar-refractivity contribution >= 4 is 35.1 Å². The van der Waals surface area contributed by atoms with Gasteiger partial charge in [-0.25, -0.2) is 13.8 Å². The highest BCUT2D eigenvalue weighted by Gasteiger charge is 2.19. The molecule has 0 unspecified atom stereocenters. The number of hydrogen-bond acceptors (Lipinski definition) is 6. The van der Waals surface area contributed by atoms with Crippen LogP contribution in [-0.4, -0.2) is 52.6 Å². The number of rotatable bonds is 7. The Labute approximate surface area is 240 Å². The molecule has 1 saturated heterocycles. The number of halogens is 2. The van der Waals surface area contributed by atoms with Crippen molar-refractivity contribution in [3.05, 3.63) is 112 Å². The number of aryl methyl sites for hydroxylation is 1. The maximum atomic E-state index is 15.5. The Balaban J connectivity index is 1.34. The summed E-state index contributed by atoms with van der Waals surface area (Å²) in [5.74, 6) is -1.94. The lowest BCUT2D eigenvalue weighted by molar-refractivity contribution is -0.111. The van der Waals surface area contributed by atoms with Crippen LogP contribution < -0.4 is 16.2 Å². The van der Waals surface area contributed by atoms with Crippen molar-refractivity contribution in [1.29, 1.82) is 0 Å². The minimum atomic E-state index is -0.743. The van der Waals surface area contributed by atoms with Crippen LogP contribution in [0.5, 0.6) is 0 Å². The molecule has 0 aliphatic carbocycles. The molecular formula is C31H27F2N5O4. The van der Waals surface area contributed by atoms with Gasteiger partial charge in [0.2, 0.25) is 5.91 Å². The minimum Gasteiger partial charge on any atom is -0.378 e. The number of amides is 2. The molecule has 214 valence electrons. The Morgan fingerprint density at radius 1 is 1.00 bits per heavy atom. The van der Waals surface area contributed by atoms with Gasteiger partial charge < -0.3 is 24.8 Å². The number of benzene rings is 3. The summed E-state index contributed by atoms with van der Waals surface area (Å²) in [5, 5.41) is 5.43. The first-order chi connectivity index (χ1) is 20.3. The molecule has 11 heteroatoms. The number of carbonyl (C=O) groups is 2. The molecule has 2 amide bonds. The van der Waals surface area contributed by atoms with E-state index in [0.717, 1.165) is 0 Å². The zero-order chi connectivity index (χ0) is 29.6. The standard InChI is InChI=1S/C31H27F2N5O4/c1-37-19-26(24-6-3-7-25(28(24)33)35-27(39)13-8-20-4-2-5-22(32)18-20)36-29(31(37)41)34-23-11-9-21(10-12-23)30(40)38-14-16-42-17-15-38/h2-13,18-19H,14-17H2,1H3,(H,34,36)(H,35,39). The van der Waals surface area contributed by atoms with E-state index in [9.17, 15) is 18.8 Å². The smallest absolute Gasteiger partial charge is 0.293 e. The Kier molecular flexibility index (Phi) is 8.49. The van der Waals surface area contributed by atoms with E-state index in [2.05, 4.69) is 15.6 Å². The van der Waals surface area contributed by atoms with E-state index in [0.29, 0.717) is 43.1 Å². The molecule has 0 atom stereocenters. The Hall–Kier alpha value is -5.16. The first kappa shape index (κ1) is 28.4. The van der Waals surface area contributed by atoms with Crippen molar-refractivity contribution in [3.63, 3.8) is 0 Å². The average molecular weight is 572 g/mol. The fourth-order valence-electron chi connectivity index (χ4n) is 4.38. The second kappa shape index (κ2) is 12.6. The second-order valence-electron chi connectivity index (χ2n) is 9.54. The number of nitrogens with one attached hydrogen (secondary N) is 2. The zero-order valence-corrected chi connectivity index (χ0v) is 22.6. The summed E-state index contributed by atoms with van der Waals surface area (Å²) in [6, 6.07) is 16.8. The minimum absolute atomic E-state index is 0.0471. The molecule has 0 saturated carbocycles. The molecule has 1 aliphatic heterocycles. The van der Waals surface area contributed by atoms with E-state index in [1.807, 2.05) is 0 Å². The number of anilines is 3. The van der Waals surface area contributed by atoms with E-state index in [1.54, 1.807) is 41.3 Å². The number of aromatic nitrogens is 2. The van der Waals surface area contributed by atoms with Gasteiger partial charge in [-0.15, -0.1) is 0 Å². The summed E-state index contributed by atoms with van der Waals surface area (Å²) in [7, 11) is 1.52. The summed E-state index contributed by atoms with van der Waals surface area (Å²) < 4.78 is 35.5. The fourth-order valence-corrected chi connectivity index (χ4v) is 4.38. The molecule has 0 spiro atoms. The van der Waals surface area contributed by atoms with Gasteiger partial charge in [0.05, 0.1) is 24.6 Å². The fraction of sp³-hybridized carbons (Fsp3) is 0.161. The normalized spacial score (nSPS) is 13.3. The molecule has 9 nitrogen and oxygen atoms in total. The maximum absolute atomic E-state index is 15.5. The highest BCUT2D eigenvalue weighted by Crippen LogP contribution is 2.27. The zero-order valence-electron chi connectivity index (χ0n) is 22.6. The Morgan fingerprint density at radius 3 is 2.48 bits per heavy atom. The molecule has 1 fully saturated rings. The van der Waals surface area contributed by atoms with Crippen LogP contribution in [0.4, 0.5) is 26.0 Å². The van der Waals surface area contributed by atoms with Gasteiger partial charge in [-0.05, 0) is 60.2 Å². The van der Waals surface area contributed by atoms with Gasteiger partial charge in [-0.1, -0.05) is 18.2 Å². The number of carbonyl (C=O) groups excluding carboxylic acids is 2. The van der Waals surface area contributed by atoms with Gasteiger partial charge in [0, 0.05) is 49.2 Å². The van der Waals surface area contributed by atoms with E-state index in [-0.39, 0.29) is 28.7 Å². The monoisotopic (exact) mass is 571 g/mol. The quantitative estimate of drug-likeness (QED) is 0.315. The van der Waals surface area contributed by atoms with Crippen LogP contribution in [0.3, 0.4) is 0 Å². The van der Waals surface area contributed by atoms with Crippen molar-refractivity contribution in [2.24, 2.45) is 7.05 Å². The molecule has 1 aromatic heterocycles. The number of nitrogens with zero attached hydrogens (tertiary/aromatic N) is 3. The lowest BCUT2D eigenvalue weighted by Crippen LogP contribution is -2.40. The van der Waals surface area contributed by atoms with Gasteiger partial charge in [0.1, 0.15) is 5.82 Å². The number of hydrogen-bond donors (Lipinski definition) is 2. The van der Waals surface area contributed by atoms with Crippen LogP contribution in [-0.2, 0) is 16.6 Å². The topological polar surface area (TPSA) is 106 Å². The molecule has 1 aliphatic rings. The number of morpholine rings is 1. The van der Waals surface area contributed by atoms with Gasteiger partial charge >= 0.3 is 0 Å². The third-order valence-corrected chi connectivity index (χ3v) is 6.57. The molecular weight excluding hydrogens is 544 g/mol. The third kappa shape index (κ3) is 6.58. The SMILES string of the molecule is Cn1cc(-c2cccc(NC(=O)C=Cc3cccc(F)c3)c2F)nc(Nc2ccc(C(=O)N3CCOCC3)cc2)c1=O. The largest absolute Gasteiger partial charge is 0.378 e. The molecule has 4 aromatic rings. The molecule has 2 heterocycles. The van der Waals surface area contributed by atoms with Crippen LogP contribution in [0.1, 0.15) is 15.9 Å². The van der Waals surface area contributed by atoms with E-state index >= 15 is 4.39 Å². The van der Waals surface area contributed by atoms with Crippen molar-refractivity contribution < 1.29 is 23.1 Å². The number of ether oxygens (including phenoxy) is 1. The van der Waals surface area contributed by atoms with Gasteiger partial charge in [0.25, 0.3) is 11.5 Å². The summed E-state index contributed by atoms with van der Waals surface area (Å²) in [5.41, 5.74) is 1.18. The lowest BCUT2D eigenvalue weighted by Gasteiger charge is -2.26. The Morgan fingerprint density at radius 2 is 1.74 bits per heavy atom. The van der Waals surface area contributed by atoms with Crippen LogP contribution in [0.2, 0.25) is 0 Å². The lowest BCUT2D eigenvalue weighted by atomic mass is 10.1. The van der Waals surface area contributed by atoms with Crippen molar-refractivity contribution in [2.45, 2.75) is 0 Å². The highest BCUT2D eigenvalue weighted by molar-refractivity contribution is 6.02. The summed E-state index contributed by atoms with van der Waals surface area (Å²) in [6.45, 7) is 2.05. The van der Waals surface area contributed by atoms with Crippen LogP contribution in [0.25, 0.3) is 17.3 Å². The van der Waals surface area contributed by atoms with Crippen LogP contribution >= 0.6 is 0 Å². The second-order valence-corrected chi connectivity index (χ2v) is 9.54. The summed E-state index contributed by atoms with van der Waals surface area (Å²) >= 11 is 0. The average Bonchev–Trinajstić information content (AvgIpc) is 3.00. The van der Waals surface area contributed by atoms with Crippen LogP contribution in [0, 0.1) is 11.6 Å². The summed E-state index contributed by atoms with van der Waals surface area (Å²) in [4.78, 5) is 44.0. The molecule has 0 radical (unpaired) electrons. The van der Waals surface area contributed by atoms with E-state index < -0.39 is 23.1 Å². The van der Waals surface area contributed by atoms with E-state index in [4.69, 9.17) is 4.74 Å². The van der Waals surface area contributed by atoms with Gasteiger partial charge in [-0.3, -0.25) is 14.4 Å².